The number of halogens is 2. The highest BCUT2D eigenvalue weighted by Gasteiger charge is 2.27. The van der Waals surface area contributed by atoms with E-state index in [-0.39, 0.29) is 11.2 Å². The maximum atomic E-state index is 12.1. The monoisotopic (exact) mass is 344 g/mol. The average molecular weight is 346 g/mol. The molecule has 1 rings (SSSR count). The van der Waals surface area contributed by atoms with Gasteiger partial charge in [-0.25, -0.2) is 0 Å². The summed E-state index contributed by atoms with van der Waals surface area (Å²) >= 11 is 6.70. The maximum absolute atomic E-state index is 12.1. The zero-order chi connectivity index (χ0) is 12.2. The summed E-state index contributed by atoms with van der Waals surface area (Å²) in [7, 11) is 0. The van der Waals surface area contributed by atoms with Gasteiger partial charge >= 0.3 is 0 Å². The maximum Gasteiger partial charge on any atom is 0.176 e. The van der Waals surface area contributed by atoms with Crippen molar-refractivity contribution in [2.45, 2.75) is 13.8 Å². The van der Waals surface area contributed by atoms with Gasteiger partial charge in [0.25, 0.3) is 0 Å². The van der Waals surface area contributed by atoms with Crippen molar-refractivity contribution in [2.24, 2.45) is 5.41 Å². The number of carbonyl (C=O) groups is 1. The molecule has 0 radical (unpaired) electrons. The van der Waals surface area contributed by atoms with E-state index >= 15 is 0 Å². The molecule has 0 heterocycles. The molecule has 0 aliphatic heterocycles. The van der Waals surface area contributed by atoms with E-state index in [1.807, 2.05) is 50.3 Å². The Bertz CT molecular complexity index is 394. The second-order valence-corrected chi connectivity index (χ2v) is 5.66. The van der Waals surface area contributed by atoms with Crippen LogP contribution in [0.5, 0.6) is 0 Å². The molecule has 0 spiro atoms. The second kappa shape index (κ2) is 5.78. The number of Topliss-reactive ketones (excluding diaryl/α,β-unsaturated/α-hetero) is 1. The Morgan fingerprint density at radius 2 is 1.88 bits per heavy atom. The first-order chi connectivity index (χ1) is 7.47. The Kier molecular flexibility index (Phi) is 4.93. The fraction of sp³-hybridized carbons (Fsp3) is 0.308. The Morgan fingerprint density at radius 3 is 2.38 bits per heavy atom. The minimum Gasteiger partial charge on any atom is -0.293 e. The van der Waals surface area contributed by atoms with E-state index < -0.39 is 0 Å². The summed E-state index contributed by atoms with van der Waals surface area (Å²) in [6, 6.07) is 9.79. The fourth-order valence-corrected chi connectivity index (χ4v) is 2.20. The van der Waals surface area contributed by atoms with Gasteiger partial charge in [0.1, 0.15) is 0 Å². The van der Waals surface area contributed by atoms with Crippen LogP contribution in [0.1, 0.15) is 19.4 Å². The van der Waals surface area contributed by atoms with Crippen molar-refractivity contribution >= 4 is 43.7 Å². The number of benzene rings is 1. The summed E-state index contributed by atoms with van der Waals surface area (Å²) in [6.07, 6.45) is 1.85. The molecule has 1 aromatic rings. The molecule has 3 heteroatoms. The molecule has 0 aliphatic carbocycles. The van der Waals surface area contributed by atoms with Gasteiger partial charge in [-0.15, -0.1) is 0 Å². The molecule has 1 aromatic carbocycles. The number of ketones is 1. The molecule has 0 atom stereocenters. The summed E-state index contributed by atoms with van der Waals surface area (Å²) in [5.41, 5.74) is 0.637. The molecule has 0 fully saturated rings. The lowest BCUT2D eigenvalue weighted by Crippen LogP contribution is -2.25. The van der Waals surface area contributed by atoms with E-state index in [1.165, 1.54) is 0 Å². The predicted molar refractivity (Wildman–Crippen MR) is 75.9 cm³/mol. The van der Waals surface area contributed by atoms with E-state index in [2.05, 4.69) is 31.9 Å². The summed E-state index contributed by atoms with van der Waals surface area (Å²) < 4.78 is 0.614. The van der Waals surface area contributed by atoms with Crippen molar-refractivity contribution in [2.75, 3.05) is 5.33 Å². The molecule has 0 aromatic heterocycles. The van der Waals surface area contributed by atoms with Crippen molar-refractivity contribution in [1.82, 2.24) is 0 Å². The van der Waals surface area contributed by atoms with Crippen LogP contribution in [0.25, 0.3) is 6.08 Å². The molecule has 1 nitrogen and oxygen atoms in total. The molecule has 86 valence electrons. The summed E-state index contributed by atoms with van der Waals surface area (Å²) in [6.45, 7) is 3.84. The average Bonchev–Trinajstić information content (AvgIpc) is 2.29. The Labute approximate surface area is 113 Å². The largest absolute Gasteiger partial charge is 0.293 e. The van der Waals surface area contributed by atoms with Crippen molar-refractivity contribution in [3.05, 3.63) is 40.4 Å². The fourth-order valence-electron chi connectivity index (χ4n) is 1.15. The third-order valence-corrected chi connectivity index (χ3v) is 4.25. The zero-order valence-electron chi connectivity index (χ0n) is 9.34. The van der Waals surface area contributed by atoms with Crippen LogP contribution in [-0.2, 0) is 4.79 Å². The number of alkyl halides is 1. The summed E-state index contributed by atoms with van der Waals surface area (Å²) in [5.74, 6) is 0.105. The van der Waals surface area contributed by atoms with E-state index in [9.17, 15) is 4.79 Å². The molecule has 0 amide bonds. The van der Waals surface area contributed by atoms with Gasteiger partial charge in [-0.05, 0) is 27.6 Å². The Morgan fingerprint density at radius 1 is 1.31 bits per heavy atom. The third-order valence-electron chi connectivity index (χ3n) is 2.26. The van der Waals surface area contributed by atoms with Crippen molar-refractivity contribution in [3.63, 3.8) is 0 Å². The van der Waals surface area contributed by atoms with E-state index in [0.717, 1.165) is 5.56 Å². The molecule has 16 heavy (non-hydrogen) atoms. The normalized spacial score (nSPS) is 12.6. The second-order valence-electron chi connectivity index (χ2n) is 4.25. The zero-order valence-corrected chi connectivity index (χ0v) is 12.5. The quantitative estimate of drug-likeness (QED) is 0.583. The SMILES string of the molecule is CC(C)(CBr)C(=O)C(Br)=Cc1ccccc1. The number of hydrogen-bond acceptors (Lipinski definition) is 1. The van der Waals surface area contributed by atoms with Crippen LogP contribution in [0.15, 0.2) is 34.8 Å². The minimum atomic E-state index is -0.385. The van der Waals surface area contributed by atoms with Gasteiger partial charge in [0.2, 0.25) is 0 Å². The lowest BCUT2D eigenvalue weighted by atomic mass is 9.90. The third kappa shape index (κ3) is 3.56. The molecular formula is C13H14Br2O. The van der Waals surface area contributed by atoms with Crippen LogP contribution in [-0.4, -0.2) is 11.1 Å². The molecule has 0 saturated carbocycles. The van der Waals surface area contributed by atoms with Gasteiger partial charge in [0.05, 0.1) is 4.48 Å². The van der Waals surface area contributed by atoms with Crippen molar-refractivity contribution < 1.29 is 4.79 Å². The topological polar surface area (TPSA) is 17.1 Å². The molecule has 0 aliphatic rings. The summed E-state index contributed by atoms with van der Waals surface area (Å²) in [4.78, 5) is 12.1. The molecule has 0 bridgehead atoms. The van der Waals surface area contributed by atoms with E-state index in [0.29, 0.717) is 9.81 Å². The van der Waals surface area contributed by atoms with Gasteiger partial charge in [-0.2, -0.15) is 0 Å². The first kappa shape index (κ1) is 13.7. The Hall–Kier alpha value is -0.410. The van der Waals surface area contributed by atoms with Gasteiger partial charge in [-0.3, -0.25) is 4.79 Å². The number of hydrogen-bond donors (Lipinski definition) is 0. The molecule has 0 unspecified atom stereocenters. The lowest BCUT2D eigenvalue weighted by molar-refractivity contribution is -0.121. The molecular weight excluding hydrogens is 332 g/mol. The van der Waals surface area contributed by atoms with Crippen LogP contribution in [0, 0.1) is 5.41 Å². The minimum absolute atomic E-state index is 0.105. The van der Waals surface area contributed by atoms with E-state index in [4.69, 9.17) is 0 Å². The Balaban J connectivity index is 2.91. The summed E-state index contributed by atoms with van der Waals surface area (Å²) in [5, 5.41) is 0.649. The van der Waals surface area contributed by atoms with Gasteiger partial charge < -0.3 is 0 Å². The molecule has 0 saturated heterocycles. The first-order valence-electron chi connectivity index (χ1n) is 5.00. The van der Waals surface area contributed by atoms with Crippen LogP contribution in [0.4, 0.5) is 0 Å². The van der Waals surface area contributed by atoms with Gasteiger partial charge in [0, 0.05) is 10.7 Å². The number of rotatable bonds is 4. The van der Waals surface area contributed by atoms with Gasteiger partial charge in [-0.1, -0.05) is 60.1 Å². The lowest BCUT2D eigenvalue weighted by Gasteiger charge is -2.19. The van der Waals surface area contributed by atoms with Crippen LogP contribution in [0.2, 0.25) is 0 Å². The first-order valence-corrected chi connectivity index (χ1v) is 6.92. The van der Waals surface area contributed by atoms with E-state index in [1.54, 1.807) is 0 Å². The number of carbonyl (C=O) groups excluding carboxylic acids is 1. The molecule has 0 N–H and O–H groups in total. The standard InChI is InChI=1S/C13H14Br2O/c1-13(2,9-14)12(16)11(15)8-10-6-4-3-5-7-10/h3-8H,9H2,1-2H3. The van der Waals surface area contributed by atoms with Crippen LogP contribution in [0.3, 0.4) is 0 Å². The van der Waals surface area contributed by atoms with Crippen LogP contribution < -0.4 is 0 Å². The predicted octanol–water partition coefficient (Wildman–Crippen LogP) is 4.41. The van der Waals surface area contributed by atoms with Crippen LogP contribution >= 0.6 is 31.9 Å². The van der Waals surface area contributed by atoms with Crippen molar-refractivity contribution in [3.8, 4) is 0 Å². The highest BCUT2D eigenvalue weighted by molar-refractivity contribution is 9.12. The number of allylic oxidation sites excluding steroid dienone is 1. The highest BCUT2D eigenvalue weighted by atomic mass is 79.9. The highest BCUT2D eigenvalue weighted by Crippen LogP contribution is 2.27. The van der Waals surface area contributed by atoms with Gasteiger partial charge in [0.15, 0.2) is 5.78 Å². The smallest absolute Gasteiger partial charge is 0.176 e. The van der Waals surface area contributed by atoms with Crippen molar-refractivity contribution in [1.29, 1.82) is 0 Å².